The van der Waals surface area contributed by atoms with Crippen molar-refractivity contribution in [3.05, 3.63) is 46.7 Å². The molecule has 0 aromatic carbocycles. The maximum atomic E-state index is 10.4. The first-order valence-corrected chi connectivity index (χ1v) is 6.81. The fourth-order valence-electron chi connectivity index (χ4n) is 2.50. The Morgan fingerprint density at radius 2 is 2.15 bits per heavy atom. The second-order valence-electron chi connectivity index (χ2n) is 4.92. The van der Waals surface area contributed by atoms with Gasteiger partial charge in [0, 0.05) is 41.4 Å². The molecule has 0 aliphatic carbocycles. The van der Waals surface area contributed by atoms with Crippen LogP contribution in [0.15, 0.2) is 22.9 Å². The molecule has 108 valence electrons. The quantitative estimate of drug-likeness (QED) is 0.910. The lowest BCUT2D eigenvalue weighted by Gasteiger charge is -2.15. The maximum absolute atomic E-state index is 10.4. The maximum Gasteiger partial charge on any atom is 0.128 e. The molecule has 0 saturated heterocycles. The number of aromatic nitrogens is 1. The van der Waals surface area contributed by atoms with Crippen molar-refractivity contribution >= 4 is 0 Å². The summed E-state index contributed by atoms with van der Waals surface area (Å²) in [7, 11) is 1.65. The largest absolute Gasteiger partial charge is 0.496 e. The normalized spacial score (nSPS) is 12.4. The highest BCUT2D eigenvalue weighted by atomic mass is 16.5. The standard InChI is InChI=1S/C16H21NO3/c1-5-15-12(6-7-20-15)14(18)8-13-11(3)16(19-4)10(2)9-17-13/h6-7,9,14,18H,5,8H2,1-4H3. The van der Waals surface area contributed by atoms with E-state index in [4.69, 9.17) is 9.15 Å². The first-order valence-electron chi connectivity index (χ1n) is 6.81. The van der Waals surface area contributed by atoms with Gasteiger partial charge in [-0.15, -0.1) is 0 Å². The minimum absolute atomic E-state index is 0.453. The van der Waals surface area contributed by atoms with E-state index in [-0.39, 0.29) is 0 Å². The van der Waals surface area contributed by atoms with Crippen molar-refractivity contribution in [3.8, 4) is 5.75 Å². The van der Waals surface area contributed by atoms with Gasteiger partial charge in [0.25, 0.3) is 0 Å². The number of hydrogen-bond acceptors (Lipinski definition) is 4. The zero-order valence-corrected chi connectivity index (χ0v) is 12.4. The molecule has 0 amide bonds. The third kappa shape index (κ3) is 2.70. The Bertz CT molecular complexity index is 589. The molecular weight excluding hydrogens is 254 g/mol. The molecule has 1 N–H and O–H groups in total. The van der Waals surface area contributed by atoms with E-state index in [1.54, 1.807) is 19.6 Å². The third-order valence-electron chi connectivity index (χ3n) is 3.60. The van der Waals surface area contributed by atoms with Gasteiger partial charge in [0.1, 0.15) is 11.5 Å². The molecular formula is C16H21NO3. The Labute approximate surface area is 119 Å². The molecule has 2 heterocycles. The molecule has 2 aromatic heterocycles. The monoisotopic (exact) mass is 275 g/mol. The molecule has 0 fully saturated rings. The Morgan fingerprint density at radius 3 is 2.80 bits per heavy atom. The minimum atomic E-state index is -0.609. The van der Waals surface area contributed by atoms with Gasteiger partial charge in [0.15, 0.2) is 0 Å². The van der Waals surface area contributed by atoms with Gasteiger partial charge in [-0.2, -0.15) is 0 Å². The topological polar surface area (TPSA) is 55.5 Å². The van der Waals surface area contributed by atoms with Crippen LogP contribution >= 0.6 is 0 Å². The van der Waals surface area contributed by atoms with Crippen LogP contribution in [0.1, 0.15) is 41.2 Å². The molecule has 4 heteroatoms. The van der Waals surface area contributed by atoms with Crippen molar-refractivity contribution in [1.29, 1.82) is 0 Å². The number of nitrogens with zero attached hydrogens (tertiary/aromatic N) is 1. The van der Waals surface area contributed by atoms with E-state index in [0.717, 1.165) is 40.3 Å². The number of rotatable bonds is 5. The molecule has 0 spiro atoms. The number of methoxy groups -OCH3 is 1. The minimum Gasteiger partial charge on any atom is -0.496 e. The molecule has 2 aromatic rings. The number of aryl methyl sites for hydroxylation is 2. The van der Waals surface area contributed by atoms with Crippen molar-refractivity contribution in [3.63, 3.8) is 0 Å². The SMILES string of the molecule is CCc1occc1C(O)Cc1ncc(C)c(OC)c1C. The summed E-state index contributed by atoms with van der Waals surface area (Å²) in [6.07, 6.45) is 4.01. The lowest BCUT2D eigenvalue weighted by molar-refractivity contribution is 0.174. The van der Waals surface area contributed by atoms with E-state index in [9.17, 15) is 5.11 Å². The summed E-state index contributed by atoms with van der Waals surface area (Å²) >= 11 is 0. The third-order valence-corrected chi connectivity index (χ3v) is 3.60. The number of hydrogen-bond donors (Lipinski definition) is 1. The van der Waals surface area contributed by atoms with Crippen LogP contribution in [0.2, 0.25) is 0 Å². The Balaban J connectivity index is 2.26. The summed E-state index contributed by atoms with van der Waals surface area (Å²) in [6, 6.07) is 1.82. The Hall–Kier alpha value is -1.81. The van der Waals surface area contributed by atoms with Crippen molar-refractivity contribution in [2.75, 3.05) is 7.11 Å². The van der Waals surface area contributed by atoms with Gasteiger partial charge in [-0.25, -0.2) is 0 Å². The van der Waals surface area contributed by atoms with E-state index < -0.39 is 6.10 Å². The van der Waals surface area contributed by atoms with E-state index >= 15 is 0 Å². The molecule has 0 aliphatic heterocycles. The highest BCUT2D eigenvalue weighted by Gasteiger charge is 2.18. The summed E-state index contributed by atoms with van der Waals surface area (Å²) in [4.78, 5) is 4.42. The predicted octanol–water partition coefficient (Wildman–Crippen LogP) is 3.14. The highest BCUT2D eigenvalue weighted by Crippen LogP contribution is 2.28. The van der Waals surface area contributed by atoms with Gasteiger partial charge < -0.3 is 14.3 Å². The second kappa shape index (κ2) is 6.09. The first kappa shape index (κ1) is 14.6. The van der Waals surface area contributed by atoms with Gasteiger partial charge >= 0.3 is 0 Å². The summed E-state index contributed by atoms with van der Waals surface area (Å²) in [5, 5.41) is 10.4. The second-order valence-corrected chi connectivity index (χ2v) is 4.92. The molecule has 0 bridgehead atoms. The number of furan rings is 1. The number of pyridine rings is 1. The van der Waals surface area contributed by atoms with Crippen LogP contribution in [-0.2, 0) is 12.8 Å². The van der Waals surface area contributed by atoms with Crippen molar-refractivity contribution in [2.45, 2.75) is 39.7 Å². The molecule has 1 atom stereocenters. The predicted molar refractivity (Wildman–Crippen MR) is 77.0 cm³/mol. The fourth-order valence-corrected chi connectivity index (χ4v) is 2.50. The van der Waals surface area contributed by atoms with Crippen LogP contribution in [0.4, 0.5) is 0 Å². The molecule has 0 aliphatic rings. The van der Waals surface area contributed by atoms with Crippen LogP contribution < -0.4 is 4.74 Å². The summed E-state index contributed by atoms with van der Waals surface area (Å²) < 4.78 is 10.8. The van der Waals surface area contributed by atoms with Gasteiger partial charge in [-0.3, -0.25) is 4.98 Å². The number of ether oxygens (including phenoxy) is 1. The summed E-state index contributed by atoms with van der Waals surface area (Å²) in [6.45, 7) is 5.94. The molecule has 1 unspecified atom stereocenters. The van der Waals surface area contributed by atoms with Gasteiger partial charge in [-0.1, -0.05) is 6.92 Å². The van der Waals surface area contributed by atoms with Crippen LogP contribution in [0, 0.1) is 13.8 Å². The molecule has 4 nitrogen and oxygen atoms in total. The average Bonchev–Trinajstić information content (AvgIpc) is 2.91. The molecule has 0 radical (unpaired) electrons. The Morgan fingerprint density at radius 1 is 1.40 bits per heavy atom. The smallest absolute Gasteiger partial charge is 0.128 e. The zero-order chi connectivity index (χ0) is 14.7. The summed E-state index contributed by atoms with van der Waals surface area (Å²) in [5.74, 6) is 1.67. The number of aliphatic hydroxyl groups is 1. The fraction of sp³-hybridized carbons (Fsp3) is 0.438. The van der Waals surface area contributed by atoms with Gasteiger partial charge in [0.2, 0.25) is 0 Å². The van der Waals surface area contributed by atoms with Crippen LogP contribution in [-0.4, -0.2) is 17.2 Å². The molecule has 0 saturated carbocycles. The van der Waals surface area contributed by atoms with Crippen LogP contribution in [0.3, 0.4) is 0 Å². The van der Waals surface area contributed by atoms with Gasteiger partial charge in [0.05, 0.1) is 19.5 Å². The highest BCUT2D eigenvalue weighted by molar-refractivity contribution is 5.41. The average molecular weight is 275 g/mol. The van der Waals surface area contributed by atoms with E-state index in [1.165, 1.54) is 0 Å². The molecule has 20 heavy (non-hydrogen) atoms. The van der Waals surface area contributed by atoms with E-state index in [1.807, 2.05) is 26.8 Å². The van der Waals surface area contributed by atoms with E-state index in [2.05, 4.69) is 4.98 Å². The molecule has 2 rings (SSSR count). The number of aliphatic hydroxyl groups excluding tert-OH is 1. The lowest BCUT2D eigenvalue weighted by atomic mass is 10.0. The first-order chi connectivity index (χ1) is 9.58. The zero-order valence-electron chi connectivity index (χ0n) is 12.4. The van der Waals surface area contributed by atoms with Crippen molar-refractivity contribution in [1.82, 2.24) is 4.98 Å². The van der Waals surface area contributed by atoms with Gasteiger partial charge in [-0.05, 0) is 19.9 Å². The van der Waals surface area contributed by atoms with Crippen molar-refractivity contribution < 1.29 is 14.3 Å². The van der Waals surface area contributed by atoms with Crippen LogP contribution in [0.25, 0.3) is 0 Å². The lowest BCUT2D eigenvalue weighted by Crippen LogP contribution is -2.07. The van der Waals surface area contributed by atoms with Crippen LogP contribution in [0.5, 0.6) is 5.75 Å². The summed E-state index contributed by atoms with van der Waals surface area (Å²) in [5.41, 5.74) is 3.67. The Kier molecular flexibility index (Phi) is 4.45. The van der Waals surface area contributed by atoms with Crippen molar-refractivity contribution in [2.24, 2.45) is 0 Å². The van der Waals surface area contributed by atoms with E-state index in [0.29, 0.717) is 6.42 Å².